The van der Waals surface area contributed by atoms with Crippen molar-refractivity contribution in [2.24, 2.45) is 0 Å². The van der Waals surface area contributed by atoms with Crippen molar-refractivity contribution in [2.75, 3.05) is 55.3 Å². The second kappa shape index (κ2) is 12.4. The number of aromatic nitrogens is 4. The fourth-order valence-corrected chi connectivity index (χ4v) is 4.36. The Bertz CT molecular complexity index is 1560. The Hall–Kier alpha value is -4.49. The van der Waals surface area contributed by atoms with E-state index in [2.05, 4.69) is 35.8 Å². The van der Waals surface area contributed by atoms with E-state index >= 15 is 0 Å². The van der Waals surface area contributed by atoms with Crippen LogP contribution in [0.5, 0.6) is 0 Å². The first-order valence-corrected chi connectivity index (χ1v) is 13.0. The van der Waals surface area contributed by atoms with E-state index in [4.69, 9.17) is 4.74 Å². The largest absolute Gasteiger partial charge is 0.379 e. The van der Waals surface area contributed by atoms with E-state index < -0.39 is 34.6 Å². The number of morpholine rings is 1. The summed E-state index contributed by atoms with van der Waals surface area (Å²) in [4.78, 5) is 28.3. The van der Waals surface area contributed by atoms with Crippen molar-refractivity contribution in [1.82, 2.24) is 24.4 Å². The molecule has 214 valence electrons. The Morgan fingerprint density at radius 1 is 1.00 bits per heavy atom. The zero-order valence-electron chi connectivity index (χ0n) is 22.5. The number of rotatable bonds is 9. The lowest BCUT2D eigenvalue weighted by molar-refractivity contribution is 0.0398. The Morgan fingerprint density at radius 2 is 1.80 bits per heavy atom. The summed E-state index contributed by atoms with van der Waals surface area (Å²) in [5, 5.41) is 8.85. The average Bonchev–Trinajstić information content (AvgIpc) is 3.45. The lowest BCUT2D eigenvalue weighted by atomic mass is 10.1. The highest BCUT2D eigenvalue weighted by Gasteiger charge is 2.19. The number of hydrogen-bond acceptors (Lipinski definition) is 8. The standard InChI is InChI=1S/C28H29F3N8O2/c1-17-3-4-19(27(40)36-22-14-20(29)25(30)18(2)26(22)31)13-21(17)37-28-33-6-8-39(28)24-15-23(34-16-35-24)32-5-7-38-9-11-41-12-10-38/h3-4,6,8,13-16H,5,7,9-12H2,1-2H3,(H,33,37)(H,36,40)(H,32,34,35). The highest BCUT2D eigenvalue weighted by atomic mass is 19.2. The number of imidazole rings is 1. The third kappa shape index (κ3) is 6.47. The molecule has 13 heteroatoms. The molecule has 2 aromatic heterocycles. The maximum Gasteiger partial charge on any atom is 0.255 e. The number of anilines is 4. The van der Waals surface area contributed by atoms with Crippen LogP contribution in [0.1, 0.15) is 21.5 Å². The first kappa shape index (κ1) is 28.1. The molecule has 10 nitrogen and oxygen atoms in total. The number of nitrogens with one attached hydrogen (secondary N) is 3. The van der Waals surface area contributed by atoms with Gasteiger partial charge in [0.2, 0.25) is 5.95 Å². The monoisotopic (exact) mass is 566 g/mol. The fourth-order valence-electron chi connectivity index (χ4n) is 4.36. The summed E-state index contributed by atoms with van der Waals surface area (Å²) in [5.41, 5.74) is 0.574. The second-order valence-corrected chi connectivity index (χ2v) is 9.53. The van der Waals surface area contributed by atoms with E-state index in [1.54, 1.807) is 41.2 Å². The SMILES string of the molecule is Cc1ccc(C(=O)Nc2cc(F)c(F)c(C)c2F)cc1Nc1nccn1-c1cc(NCCN2CCOCC2)ncn1. The highest BCUT2D eigenvalue weighted by molar-refractivity contribution is 6.05. The van der Waals surface area contributed by atoms with Gasteiger partial charge >= 0.3 is 0 Å². The van der Waals surface area contributed by atoms with E-state index in [0.29, 0.717) is 35.9 Å². The van der Waals surface area contributed by atoms with Crippen LogP contribution in [0.4, 0.5) is 36.3 Å². The number of carbonyl (C=O) groups is 1. The van der Waals surface area contributed by atoms with E-state index in [1.165, 1.54) is 6.33 Å². The maximum atomic E-state index is 14.4. The Labute approximate surface area is 234 Å². The number of benzene rings is 2. The Balaban J connectivity index is 1.29. The minimum absolute atomic E-state index is 0.173. The zero-order valence-corrected chi connectivity index (χ0v) is 22.5. The van der Waals surface area contributed by atoms with Crippen molar-refractivity contribution in [1.29, 1.82) is 0 Å². The van der Waals surface area contributed by atoms with E-state index in [0.717, 1.165) is 45.3 Å². The number of nitrogens with zero attached hydrogens (tertiary/aromatic N) is 5. The molecule has 5 rings (SSSR count). The van der Waals surface area contributed by atoms with Gasteiger partial charge in [-0.25, -0.2) is 28.1 Å². The number of halogens is 3. The maximum absolute atomic E-state index is 14.4. The van der Waals surface area contributed by atoms with Gasteiger partial charge in [-0.2, -0.15) is 0 Å². The Kier molecular flexibility index (Phi) is 8.45. The minimum Gasteiger partial charge on any atom is -0.379 e. The molecule has 1 aliphatic rings. The van der Waals surface area contributed by atoms with Gasteiger partial charge in [0.25, 0.3) is 5.91 Å². The van der Waals surface area contributed by atoms with Gasteiger partial charge in [0.05, 0.1) is 18.9 Å². The van der Waals surface area contributed by atoms with Crippen LogP contribution >= 0.6 is 0 Å². The van der Waals surface area contributed by atoms with Crippen molar-refractivity contribution >= 4 is 29.0 Å². The molecule has 3 heterocycles. The molecular weight excluding hydrogens is 537 g/mol. The first-order chi connectivity index (χ1) is 19.8. The minimum atomic E-state index is -1.29. The predicted molar refractivity (Wildman–Crippen MR) is 148 cm³/mol. The van der Waals surface area contributed by atoms with Gasteiger partial charge in [-0.15, -0.1) is 0 Å². The third-order valence-electron chi connectivity index (χ3n) is 6.75. The molecular formula is C28H29F3N8O2. The van der Waals surface area contributed by atoms with E-state index in [9.17, 15) is 18.0 Å². The summed E-state index contributed by atoms with van der Waals surface area (Å²) >= 11 is 0. The highest BCUT2D eigenvalue weighted by Crippen LogP contribution is 2.26. The number of hydrogen-bond donors (Lipinski definition) is 3. The molecule has 0 unspecified atom stereocenters. The molecule has 1 amide bonds. The molecule has 0 spiro atoms. The van der Waals surface area contributed by atoms with E-state index in [1.807, 2.05) is 6.92 Å². The van der Waals surface area contributed by atoms with Crippen LogP contribution in [0.25, 0.3) is 5.82 Å². The molecule has 2 aromatic carbocycles. The van der Waals surface area contributed by atoms with Gasteiger partial charge in [0, 0.05) is 67.5 Å². The van der Waals surface area contributed by atoms with Gasteiger partial charge in [-0.3, -0.25) is 14.3 Å². The molecule has 1 fully saturated rings. The van der Waals surface area contributed by atoms with Crippen LogP contribution in [0.3, 0.4) is 0 Å². The molecule has 0 atom stereocenters. The van der Waals surface area contributed by atoms with Crippen molar-refractivity contribution < 1.29 is 22.7 Å². The Morgan fingerprint density at radius 3 is 2.61 bits per heavy atom. The molecule has 41 heavy (non-hydrogen) atoms. The lowest BCUT2D eigenvalue weighted by Crippen LogP contribution is -2.39. The average molecular weight is 567 g/mol. The summed E-state index contributed by atoms with van der Waals surface area (Å²) in [5.74, 6) is -2.60. The van der Waals surface area contributed by atoms with Crippen molar-refractivity contribution in [3.05, 3.63) is 83.2 Å². The first-order valence-electron chi connectivity index (χ1n) is 13.0. The molecule has 0 aliphatic carbocycles. The van der Waals surface area contributed by atoms with E-state index in [-0.39, 0.29) is 5.56 Å². The smallest absolute Gasteiger partial charge is 0.255 e. The number of ether oxygens (including phenoxy) is 1. The molecule has 1 aliphatic heterocycles. The predicted octanol–water partition coefficient (Wildman–Crippen LogP) is 4.44. The van der Waals surface area contributed by atoms with Crippen molar-refractivity contribution in [3.63, 3.8) is 0 Å². The van der Waals surface area contributed by atoms with Crippen LogP contribution in [0.15, 0.2) is 49.1 Å². The van der Waals surface area contributed by atoms with Gasteiger partial charge in [0.1, 0.15) is 18.0 Å². The third-order valence-corrected chi connectivity index (χ3v) is 6.75. The van der Waals surface area contributed by atoms with Crippen LogP contribution in [0.2, 0.25) is 0 Å². The summed E-state index contributed by atoms with van der Waals surface area (Å²) in [6, 6.07) is 7.24. The summed E-state index contributed by atoms with van der Waals surface area (Å²) < 4.78 is 49.0. The molecule has 0 radical (unpaired) electrons. The molecule has 3 N–H and O–H groups in total. The van der Waals surface area contributed by atoms with Gasteiger partial charge < -0.3 is 20.7 Å². The van der Waals surface area contributed by atoms with Crippen molar-refractivity contribution in [2.45, 2.75) is 13.8 Å². The zero-order chi connectivity index (χ0) is 28.9. The van der Waals surface area contributed by atoms with Crippen molar-refractivity contribution in [3.8, 4) is 5.82 Å². The summed E-state index contributed by atoms with van der Waals surface area (Å²) in [6.45, 7) is 7.83. The van der Waals surface area contributed by atoms with Gasteiger partial charge in [-0.1, -0.05) is 6.07 Å². The molecule has 0 saturated carbocycles. The molecule has 4 aromatic rings. The van der Waals surface area contributed by atoms with Crippen LogP contribution in [0, 0.1) is 31.3 Å². The second-order valence-electron chi connectivity index (χ2n) is 9.53. The van der Waals surface area contributed by atoms with Gasteiger partial charge in [-0.05, 0) is 31.5 Å². The fraction of sp³-hybridized carbons (Fsp3) is 0.286. The number of aryl methyl sites for hydroxylation is 1. The lowest BCUT2D eigenvalue weighted by Gasteiger charge is -2.26. The normalized spacial score (nSPS) is 13.7. The number of carbonyl (C=O) groups excluding carboxylic acids is 1. The topological polar surface area (TPSA) is 109 Å². The van der Waals surface area contributed by atoms with Crippen LogP contribution < -0.4 is 16.0 Å². The van der Waals surface area contributed by atoms with Crippen LogP contribution in [-0.2, 0) is 4.74 Å². The molecule has 1 saturated heterocycles. The van der Waals surface area contributed by atoms with Gasteiger partial charge in [0.15, 0.2) is 17.5 Å². The summed E-state index contributed by atoms with van der Waals surface area (Å²) in [7, 11) is 0. The summed E-state index contributed by atoms with van der Waals surface area (Å²) in [6.07, 6.45) is 4.81. The van der Waals surface area contributed by atoms with Crippen LogP contribution in [-0.4, -0.2) is 69.7 Å². The quantitative estimate of drug-likeness (QED) is 0.255. The number of amides is 1. The molecule has 0 bridgehead atoms.